The van der Waals surface area contributed by atoms with Crippen LogP contribution in [0.15, 0.2) is 41.2 Å². The van der Waals surface area contributed by atoms with Crippen molar-refractivity contribution < 1.29 is 19.4 Å². The highest BCUT2D eigenvalue weighted by atomic mass is 16.5. The van der Waals surface area contributed by atoms with E-state index in [2.05, 4.69) is 15.1 Å². The van der Waals surface area contributed by atoms with Gasteiger partial charge in [-0.25, -0.2) is 4.98 Å². The summed E-state index contributed by atoms with van der Waals surface area (Å²) in [6.45, 7) is 1.10. The molecular weight excluding hydrogens is 448 g/mol. The van der Waals surface area contributed by atoms with Crippen molar-refractivity contribution in [3.63, 3.8) is 0 Å². The number of nitrogens with zero attached hydrogens (tertiary/aromatic N) is 3. The number of Topliss-reactive ketones (excluding diaryl/α,β-unsaturated/α-hetero) is 1. The van der Waals surface area contributed by atoms with Gasteiger partial charge in [-0.15, -0.1) is 0 Å². The Morgan fingerprint density at radius 2 is 1.83 bits per heavy atom. The summed E-state index contributed by atoms with van der Waals surface area (Å²) in [6, 6.07) is 11.0. The van der Waals surface area contributed by atoms with Gasteiger partial charge in [0.05, 0.1) is 17.9 Å². The number of hydrogen-bond donors (Lipinski definition) is 2. The van der Waals surface area contributed by atoms with E-state index in [0.717, 1.165) is 24.8 Å². The number of aliphatic hydroxyl groups is 1. The minimum absolute atomic E-state index is 0.0288. The number of ether oxygens (including phenoxy) is 2. The fourth-order valence-electron chi connectivity index (χ4n) is 5.14. The van der Waals surface area contributed by atoms with Gasteiger partial charge in [0.1, 0.15) is 5.60 Å². The molecule has 2 N–H and O–H groups in total. The topological polar surface area (TPSA) is 119 Å². The van der Waals surface area contributed by atoms with Crippen LogP contribution in [0.3, 0.4) is 0 Å². The fraction of sp³-hybridized carbons (Fsp3) is 0.538. The van der Waals surface area contributed by atoms with Crippen molar-refractivity contribution in [2.24, 2.45) is 0 Å². The molecule has 35 heavy (non-hydrogen) atoms. The van der Waals surface area contributed by atoms with Gasteiger partial charge in [-0.2, -0.15) is 9.50 Å². The van der Waals surface area contributed by atoms with Gasteiger partial charge in [0.2, 0.25) is 0 Å². The molecule has 0 spiro atoms. The standard InChI is InChI=1S/C26H32N4O5/c31-21(9-12-25(33)13-15-34-16-14-25)26(10-5-2-6-11-26)35-18-20-17-22(32)30-24(27-20)28-23(29-30)19-7-3-1-4-8-19/h1,3-4,7-8,17,33H,2,5-6,9-16,18H2,(H,27,28,29). The lowest BCUT2D eigenvalue weighted by Gasteiger charge is -2.37. The molecule has 1 aliphatic carbocycles. The summed E-state index contributed by atoms with van der Waals surface area (Å²) in [6.07, 6.45) is 5.99. The Kier molecular flexibility index (Phi) is 6.82. The maximum Gasteiger partial charge on any atom is 0.274 e. The number of nitrogens with one attached hydrogen (secondary N) is 1. The molecule has 2 fully saturated rings. The van der Waals surface area contributed by atoms with E-state index in [1.165, 1.54) is 10.6 Å². The third-order valence-corrected chi connectivity index (χ3v) is 7.34. The van der Waals surface area contributed by atoms with E-state index in [-0.39, 0.29) is 30.1 Å². The molecule has 3 heterocycles. The number of carbonyl (C=O) groups excluding carboxylic acids is 1. The van der Waals surface area contributed by atoms with Crippen LogP contribution in [-0.4, -0.2) is 54.9 Å². The van der Waals surface area contributed by atoms with Crippen molar-refractivity contribution in [3.05, 3.63) is 52.4 Å². The Balaban J connectivity index is 1.32. The number of H-pyrrole nitrogens is 1. The Morgan fingerprint density at radius 3 is 2.57 bits per heavy atom. The van der Waals surface area contributed by atoms with E-state index in [1.807, 2.05) is 30.3 Å². The fourth-order valence-corrected chi connectivity index (χ4v) is 5.14. The van der Waals surface area contributed by atoms with Crippen molar-refractivity contribution in [1.82, 2.24) is 19.6 Å². The molecule has 0 amide bonds. The largest absolute Gasteiger partial charge is 0.390 e. The zero-order valence-electron chi connectivity index (χ0n) is 19.9. The van der Waals surface area contributed by atoms with Crippen LogP contribution in [0.1, 0.15) is 63.5 Å². The highest BCUT2D eigenvalue weighted by Gasteiger charge is 2.41. The van der Waals surface area contributed by atoms with Gasteiger partial charge >= 0.3 is 0 Å². The molecule has 1 aromatic carbocycles. The first-order valence-corrected chi connectivity index (χ1v) is 12.5. The van der Waals surface area contributed by atoms with E-state index < -0.39 is 11.2 Å². The van der Waals surface area contributed by atoms with Crippen molar-refractivity contribution in [2.45, 2.75) is 75.6 Å². The van der Waals surface area contributed by atoms with E-state index in [4.69, 9.17) is 9.47 Å². The summed E-state index contributed by atoms with van der Waals surface area (Å²) < 4.78 is 12.9. The van der Waals surface area contributed by atoms with Crippen LogP contribution in [0, 0.1) is 0 Å². The molecule has 2 aromatic heterocycles. The molecule has 1 aliphatic heterocycles. The molecular formula is C26H32N4O5. The molecule has 0 bridgehead atoms. The smallest absolute Gasteiger partial charge is 0.274 e. The van der Waals surface area contributed by atoms with Gasteiger partial charge in [0.25, 0.3) is 11.3 Å². The quantitative estimate of drug-likeness (QED) is 0.508. The number of ketones is 1. The molecule has 0 unspecified atom stereocenters. The minimum Gasteiger partial charge on any atom is -0.390 e. The second kappa shape index (κ2) is 10.0. The number of aromatic nitrogens is 4. The molecule has 1 saturated heterocycles. The third-order valence-electron chi connectivity index (χ3n) is 7.34. The number of benzene rings is 1. The number of carbonyl (C=O) groups is 1. The predicted molar refractivity (Wildman–Crippen MR) is 129 cm³/mol. The van der Waals surface area contributed by atoms with Gasteiger partial charge in [0, 0.05) is 31.3 Å². The van der Waals surface area contributed by atoms with Gasteiger partial charge in [-0.1, -0.05) is 49.6 Å². The molecule has 2 aliphatic rings. The highest BCUT2D eigenvalue weighted by molar-refractivity contribution is 5.87. The van der Waals surface area contributed by atoms with Crippen LogP contribution in [-0.2, 0) is 20.9 Å². The lowest BCUT2D eigenvalue weighted by atomic mass is 9.78. The predicted octanol–water partition coefficient (Wildman–Crippen LogP) is 3.19. The number of rotatable bonds is 8. The average molecular weight is 481 g/mol. The summed E-state index contributed by atoms with van der Waals surface area (Å²) in [5.41, 5.74) is -0.724. The first kappa shape index (κ1) is 23.8. The zero-order chi connectivity index (χ0) is 24.3. The van der Waals surface area contributed by atoms with Crippen molar-refractivity contribution in [2.75, 3.05) is 13.2 Å². The number of aromatic amines is 1. The summed E-state index contributed by atoms with van der Waals surface area (Å²) in [7, 11) is 0. The SMILES string of the molecule is O=C(CCC1(O)CCOCC1)C1(OCc2cc(=O)n3[nH]c(-c4ccccc4)nc3n2)CCCCC1. The molecule has 0 atom stereocenters. The maximum absolute atomic E-state index is 13.4. The van der Waals surface area contributed by atoms with Crippen LogP contribution in [0.5, 0.6) is 0 Å². The molecule has 186 valence electrons. The van der Waals surface area contributed by atoms with E-state index in [1.54, 1.807) is 0 Å². The first-order valence-electron chi connectivity index (χ1n) is 12.5. The second-order valence-electron chi connectivity index (χ2n) is 9.76. The summed E-state index contributed by atoms with van der Waals surface area (Å²) in [5.74, 6) is 0.847. The Labute approximate surface area is 203 Å². The minimum atomic E-state index is -0.895. The molecule has 9 heteroatoms. The average Bonchev–Trinajstić information content (AvgIpc) is 3.33. The summed E-state index contributed by atoms with van der Waals surface area (Å²) >= 11 is 0. The van der Waals surface area contributed by atoms with Gasteiger partial charge in [-0.3, -0.25) is 14.7 Å². The van der Waals surface area contributed by atoms with Crippen LogP contribution >= 0.6 is 0 Å². The van der Waals surface area contributed by atoms with Gasteiger partial charge < -0.3 is 14.6 Å². The van der Waals surface area contributed by atoms with Crippen LogP contribution in [0.4, 0.5) is 0 Å². The summed E-state index contributed by atoms with van der Waals surface area (Å²) in [4.78, 5) is 35.1. The zero-order valence-corrected chi connectivity index (χ0v) is 19.9. The van der Waals surface area contributed by atoms with Gasteiger partial charge in [0.15, 0.2) is 11.6 Å². The van der Waals surface area contributed by atoms with E-state index in [0.29, 0.717) is 56.8 Å². The number of hydrogen-bond acceptors (Lipinski definition) is 7. The third kappa shape index (κ3) is 5.22. The van der Waals surface area contributed by atoms with Crippen molar-refractivity contribution in [1.29, 1.82) is 0 Å². The van der Waals surface area contributed by atoms with Crippen LogP contribution in [0.25, 0.3) is 17.2 Å². The maximum atomic E-state index is 13.4. The Morgan fingerprint density at radius 1 is 1.09 bits per heavy atom. The molecule has 5 rings (SSSR count). The lowest BCUT2D eigenvalue weighted by molar-refractivity contribution is -0.154. The monoisotopic (exact) mass is 480 g/mol. The van der Waals surface area contributed by atoms with Gasteiger partial charge in [-0.05, 0) is 32.1 Å². The van der Waals surface area contributed by atoms with E-state index in [9.17, 15) is 14.7 Å². The lowest BCUT2D eigenvalue weighted by Crippen LogP contribution is -2.45. The second-order valence-corrected chi connectivity index (χ2v) is 9.76. The summed E-state index contributed by atoms with van der Waals surface area (Å²) in [5, 5.41) is 13.8. The Hall–Kier alpha value is -2.88. The van der Waals surface area contributed by atoms with Crippen LogP contribution < -0.4 is 5.56 Å². The first-order chi connectivity index (χ1) is 17.0. The molecule has 0 radical (unpaired) electrons. The van der Waals surface area contributed by atoms with Crippen molar-refractivity contribution >= 4 is 11.6 Å². The molecule has 1 saturated carbocycles. The highest BCUT2D eigenvalue weighted by Crippen LogP contribution is 2.36. The van der Waals surface area contributed by atoms with E-state index >= 15 is 0 Å². The Bertz CT molecular complexity index is 1220. The van der Waals surface area contributed by atoms with Crippen LogP contribution in [0.2, 0.25) is 0 Å². The molecule has 3 aromatic rings. The number of fused-ring (bicyclic) bond motifs is 1. The molecule has 9 nitrogen and oxygen atoms in total. The van der Waals surface area contributed by atoms with Crippen molar-refractivity contribution in [3.8, 4) is 11.4 Å². The normalized spacial score (nSPS) is 19.6.